The molecule has 0 radical (unpaired) electrons. The van der Waals surface area contributed by atoms with Crippen LogP contribution in [0.1, 0.15) is 31.8 Å². The number of benzene rings is 1. The zero-order valence-electron chi connectivity index (χ0n) is 9.49. The van der Waals surface area contributed by atoms with Crippen molar-refractivity contribution in [1.29, 1.82) is 0 Å². The SMILES string of the molecule is CC1SC(C)(C)n2c1nc1ccc(Cl)cc12. The number of aromatic nitrogens is 2. The second-order valence-corrected chi connectivity index (χ2v) is 7.02. The van der Waals surface area contributed by atoms with Gasteiger partial charge in [-0.25, -0.2) is 4.98 Å². The van der Waals surface area contributed by atoms with Gasteiger partial charge in [-0.15, -0.1) is 11.8 Å². The number of fused-ring (bicyclic) bond motifs is 3. The highest BCUT2D eigenvalue weighted by molar-refractivity contribution is 8.00. The van der Waals surface area contributed by atoms with E-state index in [0.717, 1.165) is 21.9 Å². The van der Waals surface area contributed by atoms with Gasteiger partial charge in [-0.2, -0.15) is 0 Å². The molecule has 2 heterocycles. The highest BCUT2D eigenvalue weighted by atomic mass is 35.5. The normalized spacial score (nSPS) is 22.6. The van der Waals surface area contributed by atoms with Gasteiger partial charge in [0.15, 0.2) is 0 Å². The molecule has 2 nitrogen and oxygen atoms in total. The maximum absolute atomic E-state index is 6.06. The summed E-state index contributed by atoms with van der Waals surface area (Å²) in [4.78, 5) is 4.76. The van der Waals surface area contributed by atoms with E-state index in [1.807, 2.05) is 30.0 Å². The second kappa shape index (κ2) is 3.17. The van der Waals surface area contributed by atoms with E-state index in [0.29, 0.717) is 5.25 Å². The lowest BCUT2D eigenvalue weighted by atomic mass is 10.3. The van der Waals surface area contributed by atoms with Crippen LogP contribution in [0.25, 0.3) is 11.0 Å². The lowest BCUT2D eigenvalue weighted by Gasteiger charge is -2.21. The van der Waals surface area contributed by atoms with Gasteiger partial charge in [0.1, 0.15) is 5.82 Å². The number of hydrogen-bond donors (Lipinski definition) is 0. The average Bonchev–Trinajstić information content (AvgIpc) is 2.64. The first-order valence-electron chi connectivity index (χ1n) is 5.35. The van der Waals surface area contributed by atoms with Gasteiger partial charge in [-0.3, -0.25) is 0 Å². The molecule has 0 aliphatic carbocycles. The summed E-state index contributed by atoms with van der Waals surface area (Å²) in [6.45, 7) is 6.66. The third-order valence-corrected chi connectivity index (χ3v) is 4.57. The fourth-order valence-electron chi connectivity index (χ4n) is 2.44. The van der Waals surface area contributed by atoms with Gasteiger partial charge in [0, 0.05) is 5.02 Å². The van der Waals surface area contributed by atoms with Gasteiger partial charge in [-0.1, -0.05) is 11.6 Å². The number of rotatable bonds is 0. The van der Waals surface area contributed by atoms with Crippen molar-refractivity contribution in [2.75, 3.05) is 0 Å². The van der Waals surface area contributed by atoms with Crippen LogP contribution in [-0.2, 0) is 4.87 Å². The molecule has 1 unspecified atom stereocenters. The van der Waals surface area contributed by atoms with E-state index in [2.05, 4.69) is 25.3 Å². The van der Waals surface area contributed by atoms with E-state index in [1.54, 1.807) is 0 Å². The molecule has 84 valence electrons. The quantitative estimate of drug-likeness (QED) is 0.700. The monoisotopic (exact) mass is 252 g/mol. The Morgan fingerprint density at radius 1 is 1.44 bits per heavy atom. The van der Waals surface area contributed by atoms with Crippen LogP contribution in [-0.4, -0.2) is 9.55 Å². The topological polar surface area (TPSA) is 17.8 Å². The van der Waals surface area contributed by atoms with Gasteiger partial charge in [0.25, 0.3) is 0 Å². The van der Waals surface area contributed by atoms with E-state index >= 15 is 0 Å². The molecule has 0 fully saturated rings. The predicted octanol–water partition coefficient (Wildman–Crippen LogP) is 4.19. The van der Waals surface area contributed by atoms with E-state index in [9.17, 15) is 0 Å². The summed E-state index contributed by atoms with van der Waals surface area (Å²) in [5.41, 5.74) is 2.18. The standard InChI is InChI=1S/C12H13ClN2S/c1-7-11-14-9-5-4-8(13)6-10(9)15(11)12(2,3)16-7/h4-7H,1-3H3. The smallest absolute Gasteiger partial charge is 0.124 e. The summed E-state index contributed by atoms with van der Waals surface area (Å²) < 4.78 is 2.31. The van der Waals surface area contributed by atoms with Gasteiger partial charge in [0.2, 0.25) is 0 Å². The molecule has 4 heteroatoms. The van der Waals surface area contributed by atoms with Crippen LogP contribution in [0.5, 0.6) is 0 Å². The molecule has 0 amide bonds. The van der Waals surface area contributed by atoms with E-state index in [4.69, 9.17) is 16.6 Å². The van der Waals surface area contributed by atoms with Crippen molar-refractivity contribution in [1.82, 2.24) is 9.55 Å². The van der Waals surface area contributed by atoms with Crippen molar-refractivity contribution < 1.29 is 0 Å². The molecule has 0 bridgehead atoms. The Morgan fingerprint density at radius 3 is 2.94 bits per heavy atom. The Labute approximate surface area is 104 Å². The predicted molar refractivity (Wildman–Crippen MR) is 70.1 cm³/mol. The minimum Gasteiger partial charge on any atom is -0.312 e. The Balaban J connectivity index is 2.39. The molecule has 0 N–H and O–H groups in total. The van der Waals surface area contributed by atoms with Gasteiger partial charge >= 0.3 is 0 Å². The Bertz CT molecular complexity index is 574. The first kappa shape index (κ1) is 10.5. The van der Waals surface area contributed by atoms with E-state index in [1.165, 1.54) is 0 Å². The summed E-state index contributed by atoms with van der Waals surface area (Å²) in [6, 6.07) is 5.90. The lowest BCUT2D eigenvalue weighted by molar-refractivity contribution is 0.556. The third kappa shape index (κ3) is 1.31. The number of halogens is 1. The fraction of sp³-hybridized carbons (Fsp3) is 0.417. The van der Waals surface area contributed by atoms with Crippen molar-refractivity contribution in [3.63, 3.8) is 0 Å². The van der Waals surface area contributed by atoms with Crippen LogP contribution in [0, 0.1) is 0 Å². The summed E-state index contributed by atoms with van der Waals surface area (Å²) in [5, 5.41) is 1.22. The molecular weight excluding hydrogens is 240 g/mol. The van der Waals surface area contributed by atoms with Crippen molar-refractivity contribution in [2.24, 2.45) is 0 Å². The molecular formula is C12H13ClN2S. The zero-order valence-corrected chi connectivity index (χ0v) is 11.1. The second-order valence-electron chi connectivity index (χ2n) is 4.65. The first-order valence-corrected chi connectivity index (χ1v) is 6.61. The minimum atomic E-state index is 0.0637. The third-order valence-electron chi connectivity index (χ3n) is 3.01. The van der Waals surface area contributed by atoms with Crippen LogP contribution in [0.15, 0.2) is 18.2 Å². The molecule has 0 spiro atoms. The summed E-state index contributed by atoms with van der Waals surface area (Å²) in [6.07, 6.45) is 0. The lowest BCUT2D eigenvalue weighted by Crippen LogP contribution is -2.17. The molecule has 1 aromatic heterocycles. The van der Waals surface area contributed by atoms with Crippen LogP contribution >= 0.6 is 23.4 Å². The molecule has 3 rings (SSSR count). The van der Waals surface area contributed by atoms with Gasteiger partial charge < -0.3 is 4.57 Å². The number of imidazole rings is 1. The molecule has 2 aromatic rings. The average molecular weight is 253 g/mol. The molecule has 1 aliphatic rings. The largest absolute Gasteiger partial charge is 0.312 e. The maximum Gasteiger partial charge on any atom is 0.124 e. The molecule has 1 aromatic carbocycles. The van der Waals surface area contributed by atoms with Crippen LogP contribution < -0.4 is 0 Å². The highest BCUT2D eigenvalue weighted by Crippen LogP contribution is 2.50. The zero-order chi connectivity index (χ0) is 11.5. The summed E-state index contributed by atoms with van der Waals surface area (Å²) >= 11 is 8.00. The van der Waals surface area contributed by atoms with E-state index in [-0.39, 0.29) is 4.87 Å². The first-order chi connectivity index (χ1) is 7.49. The highest BCUT2D eigenvalue weighted by Gasteiger charge is 2.37. The number of nitrogens with zero attached hydrogens (tertiary/aromatic N) is 2. The molecule has 0 saturated carbocycles. The molecule has 1 atom stereocenters. The van der Waals surface area contributed by atoms with Crippen molar-refractivity contribution in [2.45, 2.75) is 30.9 Å². The molecule has 1 aliphatic heterocycles. The summed E-state index contributed by atoms with van der Waals surface area (Å²) in [5.74, 6) is 1.16. The minimum absolute atomic E-state index is 0.0637. The van der Waals surface area contributed by atoms with Crippen LogP contribution in [0.3, 0.4) is 0 Å². The van der Waals surface area contributed by atoms with Crippen LogP contribution in [0.2, 0.25) is 5.02 Å². The molecule has 0 saturated heterocycles. The van der Waals surface area contributed by atoms with Gasteiger partial charge in [-0.05, 0) is 39.0 Å². The Morgan fingerprint density at radius 2 is 2.19 bits per heavy atom. The Kier molecular flexibility index (Phi) is 2.08. The van der Waals surface area contributed by atoms with Gasteiger partial charge in [0.05, 0.1) is 21.2 Å². The van der Waals surface area contributed by atoms with Crippen molar-refractivity contribution >= 4 is 34.4 Å². The van der Waals surface area contributed by atoms with E-state index < -0.39 is 0 Å². The molecule has 16 heavy (non-hydrogen) atoms. The number of thioether (sulfide) groups is 1. The Hall–Kier alpha value is -0.670. The van der Waals surface area contributed by atoms with Crippen LogP contribution in [0.4, 0.5) is 0 Å². The van der Waals surface area contributed by atoms with Crippen molar-refractivity contribution in [3.05, 3.63) is 29.0 Å². The number of hydrogen-bond acceptors (Lipinski definition) is 2. The maximum atomic E-state index is 6.06. The summed E-state index contributed by atoms with van der Waals surface area (Å²) in [7, 11) is 0. The van der Waals surface area contributed by atoms with Crippen molar-refractivity contribution in [3.8, 4) is 0 Å². The fourth-order valence-corrected chi connectivity index (χ4v) is 4.04.